The van der Waals surface area contributed by atoms with Crippen LogP contribution in [-0.2, 0) is 11.3 Å². The third kappa shape index (κ3) is 4.27. The molecular formula is C21H26N2O2. The predicted octanol–water partition coefficient (Wildman–Crippen LogP) is 3.32. The lowest BCUT2D eigenvalue weighted by Gasteiger charge is -2.19. The lowest BCUT2D eigenvalue weighted by atomic mass is 9.97. The molecule has 0 aromatic heterocycles. The Labute approximate surface area is 149 Å². The maximum Gasteiger partial charge on any atom is 0.338 e. The highest BCUT2D eigenvalue weighted by atomic mass is 16.5. The molecule has 0 saturated carbocycles. The summed E-state index contributed by atoms with van der Waals surface area (Å²) in [6.07, 6.45) is 1.16. The lowest BCUT2D eigenvalue weighted by Crippen LogP contribution is -2.29. The fraction of sp³-hybridized carbons (Fsp3) is 0.381. The molecule has 0 amide bonds. The molecule has 1 aliphatic rings. The zero-order chi connectivity index (χ0) is 17.6. The van der Waals surface area contributed by atoms with E-state index in [9.17, 15) is 4.79 Å². The van der Waals surface area contributed by atoms with Crippen LogP contribution in [0.4, 0.5) is 0 Å². The van der Waals surface area contributed by atoms with E-state index in [0.29, 0.717) is 18.2 Å². The van der Waals surface area contributed by atoms with Crippen molar-refractivity contribution in [3.63, 3.8) is 0 Å². The summed E-state index contributed by atoms with van der Waals surface area (Å²) in [5.41, 5.74) is 4.16. The van der Waals surface area contributed by atoms with Gasteiger partial charge in [0, 0.05) is 25.7 Å². The Balaban J connectivity index is 1.90. The Morgan fingerprint density at radius 3 is 2.72 bits per heavy atom. The van der Waals surface area contributed by atoms with Crippen LogP contribution < -0.4 is 5.32 Å². The molecule has 1 N–H and O–H groups in total. The average Bonchev–Trinajstić information content (AvgIpc) is 3.10. The van der Waals surface area contributed by atoms with Crippen LogP contribution in [0.3, 0.4) is 0 Å². The van der Waals surface area contributed by atoms with E-state index in [1.807, 2.05) is 50.4 Å². The molecule has 1 heterocycles. The highest BCUT2D eigenvalue weighted by Crippen LogP contribution is 2.27. The SMILES string of the molecule is CCOC(=O)c1ccc(-c2ccccc2)c(CN2CCC(NC)C2)c1. The van der Waals surface area contributed by atoms with E-state index in [1.165, 1.54) is 16.7 Å². The number of ether oxygens (including phenoxy) is 1. The van der Waals surface area contributed by atoms with E-state index in [-0.39, 0.29) is 5.97 Å². The summed E-state index contributed by atoms with van der Waals surface area (Å²) in [6.45, 7) is 5.18. The maximum atomic E-state index is 12.1. The summed E-state index contributed by atoms with van der Waals surface area (Å²) in [4.78, 5) is 14.6. The van der Waals surface area contributed by atoms with Gasteiger partial charge in [0.2, 0.25) is 0 Å². The minimum absolute atomic E-state index is 0.252. The van der Waals surface area contributed by atoms with Gasteiger partial charge in [-0.3, -0.25) is 4.90 Å². The Kier molecular flexibility index (Phi) is 5.84. The summed E-state index contributed by atoms with van der Waals surface area (Å²) in [6, 6.07) is 16.8. The van der Waals surface area contributed by atoms with Crippen LogP contribution in [-0.4, -0.2) is 43.7 Å². The number of benzene rings is 2. The van der Waals surface area contributed by atoms with E-state index in [0.717, 1.165) is 26.1 Å². The molecule has 0 spiro atoms. The van der Waals surface area contributed by atoms with Gasteiger partial charge in [-0.05, 0) is 49.2 Å². The smallest absolute Gasteiger partial charge is 0.338 e. The number of carbonyl (C=O) groups excluding carboxylic acids is 1. The van der Waals surface area contributed by atoms with Crippen molar-refractivity contribution in [3.05, 3.63) is 59.7 Å². The van der Waals surface area contributed by atoms with E-state index >= 15 is 0 Å². The molecule has 2 aromatic rings. The van der Waals surface area contributed by atoms with Crippen LogP contribution in [0.25, 0.3) is 11.1 Å². The van der Waals surface area contributed by atoms with Crippen LogP contribution in [0.5, 0.6) is 0 Å². The molecule has 1 atom stereocenters. The molecular weight excluding hydrogens is 312 g/mol. The fourth-order valence-corrected chi connectivity index (χ4v) is 3.42. The number of hydrogen-bond acceptors (Lipinski definition) is 4. The van der Waals surface area contributed by atoms with Gasteiger partial charge in [0.15, 0.2) is 0 Å². The molecule has 132 valence electrons. The maximum absolute atomic E-state index is 12.1. The van der Waals surface area contributed by atoms with Crippen LogP contribution in [0.15, 0.2) is 48.5 Å². The van der Waals surface area contributed by atoms with E-state index < -0.39 is 0 Å². The number of nitrogens with one attached hydrogen (secondary N) is 1. The quantitative estimate of drug-likeness (QED) is 0.821. The number of carbonyl (C=O) groups is 1. The summed E-state index contributed by atoms with van der Waals surface area (Å²) in [7, 11) is 2.02. The van der Waals surface area contributed by atoms with Crippen molar-refractivity contribution in [3.8, 4) is 11.1 Å². The predicted molar refractivity (Wildman–Crippen MR) is 101 cm³/mol. The monoisotopic (exact) mass is 338 g/mol. The second-order valence-electron chi connectivity index (χ2n) is 6.47. The Morgan fingerprint density at radius 1 is 1.24 bits per heavy atom. The van der Waals surface area contributed by atoms with Crippen molar-refractivity contribution in [2.24, 2.45) is 0 Å². The minimum atomic E-state index is -0.252. The topological polar surface area (TPSA) is 41.6 Å². The van der Waals surface area contributed by atoms with Crippen LogP contribution in [0, 0.1) is 0 Å². The van der Waals surface area contributed by atoms with Gasteiger partial charge in [-0.1, -0.05) is 36.4 Å². The largest absolute Gasteiger partial charge is 0.462 e. The molecule has 0 radical (unpaired) electrons. The van der Waals surface area contributed by atoms with Gasteiger partial charge < -0.3 is 10.1 Å². The normalized spacial score (nSPS) is 17.6. The van der Waals surface area contributed by atoms with E-state index in [2.05, 4.69) is 22.3 Å². The highest BCUT2D eigenvalue weighted by Gasteiger charge is 2.22. The second-order valence-corrected chi connectivity index (χ2v) is 6.47. The summed E-state index contributed by atoms with van der Waals surface area (Å²) in [5.74, 6) is -0.252. The van der Waals surface area contributed by atoms with Crippen molar-refractivity contribution < 1.29 is 9.53 Å². The minimum Gasteiger partial charge on any atom is -0.462 e. The Hall–Kier alpha value is -2.17. The lowest BCUT2D eigenvalue weighted by molar-refractivity contribution is 0.0526. The van der Waals surface area contributed by atoms with Crippen LogP contribution in [0.2, 0.25) is 0 Å². The van der Waals surface area contributed by atoms with E-state index in [1.54, 1.807) is 0 Å². The van der Waals surface area contributed by atoms with Gasteiger partial charge >= 0.3 is 5.97 Å². The van der Waals surface area contributed by atoms with Crippen LogP contribution >= 0.6 is 0 Å². The first kappa shape index (κ1) is 17.6. The van der Waals surface area contributed by atoms with Crippen molar-refractivity contribution in [2.45, 2.75) is 25.9 Å². The molecule has 25 heavy (non-hydrogen) atoms. The molecule has 1 aliphatic heterocycles. The molecule has 2 aromatic carbocycles. The van der Waals surface area contributed by atoms with Gasteiger partial charge in [0.1, 0.15) is 0 Å². The summed E-state index contributed by atoms with van der Waals surface area (Å²) in [5, 5.41) is 3.36. The molecule has 4 heteroatoms. The fourth-order valence-electron chi connectivity index (χ4n) is 3.42. The number of rotatable bonds is 6. The molecule has 1 unspecified atom stereocenters. The number of hydrogen-bond donors (Lipinski definition) is 1. The number of likely N-dealkylation sites (tertiary alicyclic amines) is 1. The molecule has 1 fully saturated rings. The van der Waals surface area contributed by atoms with Crippen molar-refractivity contribution >= 4 is 5.97 Å². The Morgan fingerprint density at radius 2 is 2.04 bits per heavy atom. The third-order valence-corrected chi connectivity index (χ3v) is 4.78. The number of likely N-dealkylation sites (N-methyl/N-ethyl adjacent to an activating group) is 1. The zero-order valence-electron chi connectivity index (χ0n) is 15.0. The van der Waals surface area contributed by atoms with Gasteiger partial charge in [-0.25, -0.2) is 4.79 Å². The van der Waals surface area contributed by atoms with Crippen molar-refractivity contribution in [1.82, 2.24) is 10.2 Å². The van der Waals surface area contributed by atoms with Gasteiger partial charge in [-0.15, -0.1) is 0 Å². The molecule has 1 saturated heterocycles. The van der Waals surface area contributed by atoms with Crippen LogP contribution in [0.1, 0.15) is 29.3 Å². The number of nitrogens with zero attached hydrogens (tertiary/aromatic N) is 1. The molecule has 0 bridgehead atoms. The third-order valence-electron chi connectivity index (χ3n) is 4.78. The first-order valence-corrected chi connectivity index (χ1v) is 8.96. The van der Waals surface area contributed by atoms with Gasteiger partial charge in [0.05, 0.1) is 12.2 Å². The Bertz CT molecular complexity index is 715. The number of esters is 1. The van der Waals surface area contributed by atoms with Gasteiger partial charge in [0.25, 0.3) is 0 Å². The van der Waals surface area contributed by atoms with Crippen molar-refractivity contribution in [1.29, 1.82) is 0 Å². The van der Waals surface area contributed by atoms with E-state index in [4.69, 9.17) is 4.74 Å². The zero-order valence-corrected chi connectivity index (χ0v) is 15.0. The summed E-state index contributed by atoms with van der Waals surface area (Å²) < 4.78 is 5.17. The highest BCUT2D eigenvalue weighted by molar-refractivity contribution is 5.90. The summed E-state index contributed by atoms with van der Waals surface area (Å²) >= 11 is 0. The second kappa shape index (κ2) is 8.28. The molecule has 4 nitrogen and oxygen atoms in total. The molecule has 3 rings (SSSR count). The molecule has 0 aliphatic carbocycles. The first-order chi connectivity index (χ1) is 12.2. The first-order valence-electron chi connectivity index (χ1n) is 8.96. The van der Waals surface area contributed by atoms with Crippen molar-refractivity contribution in [2.75, 3.05) is 26.7 Å². The standard InChI is InChI=1S/C21H26N2O2/c1-3-25-21(24)17-9-10-20(16-7-5-4-6-8-16)18(13-17)14-23-12-11-19(15-23)22-2/h4-10,13,19,22H,3,11-12,14-15H2,1-2H3. The van der Waals surface area contributed by atoms with Gasteiger partial charge in [-0.2, -0.15) is 0 Å². The average molecular weight is 338 g/mol.